The standard InChI is InChI=1S/C16H22ClNO3/c1-11(21-15-7-3-6-14(17)8-15)16(20)18-9-12-4-2-5-13(12)10-19/h3,6-8,11-13,19H,2,4-5,9-10H2,1H3,(H,18,20). The van der Waals surface area contributed by atoms with Crippen LogP contribution in [0.4, 0.5) is 0 Å². The van der Waals surface area contributed by atoms with E-state index >= 15 is 0 Å². The third kappa shape index (κ3) is 4.61. The molecule has 0 aromatic heterocycles. The molecule has 0 radical (unpaired) electrons. The number of benzene rings is 1. The topological polar surface area (TPSA) is 58.6 Å². The van der Waals surface area contributed by atoms with Gasteiger partial charge in [0.2, 0.25) is 0 Å². The maximum absolute atomic E-state index is 12.1. The second-order valence-electron chi connectivity index (χ2n) is 5.60. The zero-order chi connectivity index (χ0) is 15.2. The molecule has 0 bridgehead atoms. The number of halogens is 1. The fourth-order valence-corrected chi connectivity index (χ4v) is 2.98. The Morgan fingerprint density at radius 3 is 2.95 bits per heavy atom. The highest BCUT2D eigenvalue weighted by Gasteiger charge is 2.27. The molecule has 3 atom stereocenters. The van der Waals surface area contributed by atoms with Crippen LogP contribution in [0.25, 0.3) is 0 Å². The molecular weight excluding hydrogens is 290 g/mol. The van der Waals surface area contributed by atoms with Crippen LogP contribution in [0.5, 0.6) is 5.75 Å². The quantitative estimate of drug-likeness (QED) is 0.849. The number of ether oxygens (including phenoxy) is 1. The minimum absolute atomic E-state index is 0.140. The van der Waals surface area contributed by atoms with Gasteiger partial charge in [-0.3, -0.25) is 4.79 Å². The fraction of sp³-hybridized carbons (Fsp3) is 0.562. The summed E-state index contributed by atoms with van der Waals surface area (Å²) in [7, 11) is 0. The molecule has 0 aliphatic heterocycles. The Kier molecular flexibility index (Phi) is 5.88. The number of aliphatic hydroxyl groups excluding tert-OH is 1. The minimum atomic E-state index is -0.572. The number of amides is 1. The number of hydrogen-bond donors (Lipinski definition) is 2. The summed E-state index contributed by atoms with van der Waals surface area (Å²) in [5.74, 6) is 1.13. The first-order valence-corrected chi connectivity index (χ1v) is 7.78. The second kappa shape index (κ2) is 7.66. The average molecular weight is 312 g/mol. The van der Waals surface area contributed by atoms with Crippen molar-refractivity contribution in [3.05, 3.63) is 29.3 Å². The zero-order valence-corrected chi connectivity index (χ0v) is 13.0. The summed E-state index contributed by atoms with van der Waals surface area (Å²) in [4.78, 5) is 12.1. The molecule has 0 spiro atoms. The third-order valence-electron chi connectivity index (χ3n) is 4.07. The molecule has 5 heteroatoms. The average Bonchev–Trinajstić information content (AvgIpc) is 2.92. The Bertz CT molecular complexity index is 480. The fourth-order valence-electron chi connectivity index (χ4n) is 2.80. The summed E-state index contributed by atoms with van der Waals surface area (Å²) >= 11 is 5.88. The molecule has 1 amide bonds. The van der Waals surface area contributed by atoms with E-state index < -0.39 is 6.10 Å². The van der Waals surface area contributed by atoms with Gasteiger partial charge in [-0.05, 0) is 49.8 Å². The molecule has 4 nitrogen and oxygen atoms in total. The van der Waals surface area contributed by atoms with Crippen molar-refractivity contribution < 1.29 is 14.6 Å². The molecule has 2 N–H and O–H groups in total. The first-order valence-electron chi connectivity index (χ1n) is 7.41. The maximum atomic E-state index is 12.1. The van der Waals surface area contributed by atoms with Crippen LogP contribution in [0, 0.1) is 11.8 Å². The molecule has 21 heavy (non-hydrogen) atoms. The van der Waals surface area contributed by atoms with Gasteiger partial charge in [-0.25, -0.2) is 0 Å². The normalized spacial score (nSPS) is 22.8. The Labute approximate surface area is 130 Å². The van der Waals surface area contributed by atoms with Gasteiger partial charge in [-0.15, -0.1) is 0 Å². The highest BCUT2D eigenvalue weighted by Crippen LogP contribution is 2.30. The number of carbonyl (C=O) groups excluding carboxylic acids is 1. The number of carbonyl (C=O) groups is 1. The molecular formula is C16H22ClNO3. The summed E-state index contributed by atoms with van der Waals surface area (Å²) in [6.45, 7) is 2.52. The Balaban J connectivity index is 1.80. The molecule has 1 aromatic rings. The van der Waals surface area contributed by atoms with Gasteiger partial charge in [0.25, 0.3) is 5.91 Å². The van der Waals surface area contributed by atoms with Gasteiger partial charge in [0.05, 0.1) is 0 Å². The number of aliphatic hydroxyl groups is 1. The molecule has 1 saturated carbocycles. The van der Waals surface area contributed by atoms with Gasteiger partial charge in [-0.1, -0.05) is 24.1 Å². The van der Waals surface area contributed by atoms with Crippen LogP contribution in [-0.2, 0) is 4.79 Å². The van der Waals surface area contributed by atoms with Crippen molar-refractivity contribution >= 4 is 17.5 Å². The highest BCUT2D eigenvalue weighted by molar-refractivity contribution is 6.30. The number of hydrogen-bond acceptors (Lipinski definition) is 3. The molecule has 1 aromatic carbocycles. The smallest absolute Gasteiger partial charge is 0.260 e. The summed E-state index contributed by atoms with van der Waals surface area (Å²) in [6.07, 6.45) is 2.67. The summed E-state index contributed by atoms with van der Waals surface area (Å²) < 4.78 is 5.58. The van der Waals surface area contributed by atoms with Crippen LogP contribution in [0.1, 0.15) is 26.2 Å². The van der Waals surface area contributed by atoms with Gasteiger partial charge in [0, 0.05) is 18.2 Å². The SMILES string of the molecule is CC(Oc1cccc(Cl)c1)C(=O)NCC1CCCC1CO. The largest absolute Gasteiger partial charge is 0.481 e. The number of nitrogens with one attached hydrogen (secondary N) is 1. The molecule has 116 valence electrons. The lowest BCUT2D eigenvalue weighted by Gasteiger charge is -2.20. The summed E-state index contributed by atoms with van der Waals surface area (Å²) in [6, 6.07) is 7.00. The molecule has 1 fully saturated rings. The van der Waals surface area contributed by atoms with Gasteiger partial charge in [-0.2, -0.15) is 0 Å². The van der Waals surface area contributed by atoms with Crippen LogP contribution in [0.3, 0.4) is 0 Å². The van der Waals surface area contributed by atoms with Crippen molar-refractivity contribution in [3.63, 3.8) is 0 Å². The van der Waals surface area contributed by atoms with Crippen molar-refractivity contribution in [2.45, 2.75) is 32.3 Å². The molecule has 2 rings (SSSR count). The van der Waals surface area contributed by atoms with Gasteiger partial charge in [0.1, 0.15) is 5.75 Å². The predicted octanol–water partition coefficient (Wildman–Crippen LogP) is 2.63. The summed E-state index contributed by atoms with van der Waals surface area (Å²) in [5, 5.41) is 12.8. The van der Waals surface area contributed by atoms with Crippen LogP contribution in [-0.4, -0.2) is 30.3 Å². The van der Waals surface area contributed by atoms with E-state index in [2.05, 4.69) is 5.32 Å². The molecule has 1 aliphatic rings. The van der Waals surface area contributed by atoms with Crippen molar-refractivity contribution in [1.82, 2.24) is 5.32 Å². The van der Waals surface area contributed by atoms with E-state index in [1.54, 1.807) is 31.2 Å². The van der Waals surface area contributed by atoms with E-state index in [1.165, 1.54) is 0 Å². The van der Waals surface area contributed by atoms with E-state index in [0.717, 1.165) is 19.3 Å². The van der Waals surface area contributed by atoms with Gasteiger partial charge >= 0.3 is 0 Å². The van der Waals surface area contributed by atoms with Crippen molar-refractivity contribution in [1.29, 1.82) is 0 Å². The van der Waals surface area contributed by atoms with Gasteiger partial charge < -0.3 is 15.2 Å². The zero-order valence-electron chi connectivity index (χ0n) is 12.2. The van der Waals surface area contributed by atoms with E-state index in [9.17, 15) is 9.90 Å². The maximum Gasteiger partial charge on any atom is 0.260 e. The lowest BCUT2D eigenvalue weighted by molar-refractivity contribution is -0.127. The van der Waals surface area contributed by atoms with Crippen LogP contribution in [0.2, 0.25) is 5.02 Å². The van der Waals surface area contributed by atoms with Crippen molar-refractivity contribution in [2.75, 3.05) is 13.2 Å². The first-order chi connectivity index (χ1) is 10.1. The first kappa shape index (κ1) is 16.1. The third-order valence-corrected chi connectivity index (χ3v) is 4.30. The number of rotatable bonds is 6. The van der Waals surface area contributed by atoms with Gasteiger partial charge in [0.15, 0.2) is 6.10 Å². The van der Waals surface area contributed by atoms with Crippen LogP contribution >= 0.6 is 11.6 Å². The lowest BCUT2D eigenvalue weighted by Crippen LogP contribution is -2.39. The van der Waals surface area contributed by atoms with Crippen molar-refractivity contribution in [2.24, 2.45) is 11.8 Å². The van der Waals surface area contributed by atoms with Crippen molar-refractivity contribution in [3.8, 4) is 5.75 Å². The van der Waals surface area contributed by atoms with E-state index in [-0.39, 0.29) is 12.5 Å². The second-order valence-corrected chi connectivity index (χ2v) is 6.03. The Hall–Kier alpha value is -1.26. The lowest BCUT2D eigenvalue weighted by atomic mass is 9.97. The van der Waals surface area contributed by atoms with E-state index in [0.29, 0.717) is 29.2 Å². The Morgan fingerprint density at radius 2 is 2.24 bits per heavy atom. The van der Waals surface area contributed by atoms with E-state index in [4.69, 9.17) is 16.3 Å². The minimum Gasteiger partial charge on any atom is -0.481 e. The monoisotopic (exact) mass is 311 g/mol. The molecule has 1 aliphatic carbocycles. The molecule has 0 saturated heterocycles. The molecule has 0 heterocycles. The summed E-state index contributed by atoms with van der Waals surface area (Å²) in [5.41, 5.74) is 0. The van der Waals surface area contributed by atoms with Crippen LogP contribution < -0.4 is 10.1 Å². The van der Waals surface area contributed by atoms with E-state index in [1.807, 2.05) is 0 Å². The van der Waals surface area contributed by atoms with Crippen LogP contribution in [0.15, 0.2) is 24.3 Å². The molecule has 3 unspecified atom stereocenters. The highest BCUT2D eigenvalue weighted by atomic mass is 35.5. The predicted molar refractivity (Wildman–Crippen MR) is 82.5 cm³/mol. The Morgan fingerprint density at radius 1 is 1.48 bits per heavy atom.